The number of hydrogen-bond donors (Lipinski definition) is 1. The third-order valence-corrected chi connectivity index (χ3v) is 3.63. The van der Waals surface area contributed by atoms with Gasteiger partial charge in [0.1, 0.15) is 11.6 Å². The molecule has 0 radical (unpaired) electrons. The number of allylic oxidation sites excluding steroid dienone is 1. The van der Waals surface area contributed by atoms with Gasteiger partial charge in [-0.3, -0.25) is 0 Å². The summed E-state index contributed by atoms with van der Waals surface area (Å²) >= 11 is 0. The van der Waals surface area contributed by atoms with Crippen LogP contribution in [-0.4, -0.2) is 12.6 Å². The fourth-order valence-electron chi connectivity index (χ4n) is 2.43. The van der Waals surface area contributed by atoms with Crippen molar-refractivity contribution in [1.29, 1.82) is 0 Å². The fourth-order valence-corrected chi connectivity index (χ4v) is 2.43. The van der Waals surface area contributed by atoms with Gasteiger partial charge in [0.25, 0.3) is 0 Å². The van der Waals surface area contributed by atoms with Crippen LogP contribution in [0.4, 0.5) is 8.78 Å². The van der Waals surface area contributed by atoms with E-state index in [9.17, 15) is 8.78 Å². The maximum absolute atomic E-state index is 13.7. The Kier molecular flexibility index (Phi) is 8.91. The van der Waals surface area contributed by atoms with Crippen LogP contribution in [0.15, 0.2) is 30.9 Å². The van der Waals surface area contributed by atoms with Gasteiger partial charge in [-0.1, -0.05) is 31.9 Å². The summed E-state index contributed by atoms with van der Waals surface area (Å²) in [4.78, 5) is 0. The van der Waals surface area contributed by atoms with Crippen LogP contribution < -0.4 is 5.32 Å². The van der Waals surface area contributed by atoms with E-state index >= 15 is 0 Å². The highest BCUT2D eigenvalue weighted by Gasteiger charge is 2.12. The molecule has 21 heavy (non-hydrogen) atoms. The zero-order chi connectivity index (χ0) is 15.5. The minimum atomic E-state index is -0.515. The van der Waals surface area contributed by atoms with Crippen molar-refractivity contribution < 1.29 is 8.78 Å². The first-order valence-corrected chi connectivity index (χ1v) is 7.95. The lowest BCUT2D eigenvalue weighted by Crippen LogP contribution is -2.32. The molecule has 0 amide bonds. The molecule has 3 heteroatoms. The van der Waals surface area contributed by atoms with E-state index in [0.717, 1.165) is 44.7 Å². The van der Waals surface area contributed by atoms with Gasteiger partial charge in [0, 0.05) is 12.1 Å². The van der Waals surface area contributed by atoms with Crippen LogP contribution in [0, 0.1) is 11.6 Å². The Morgan fingerprint density at radius 1 is 1.24 bits per heavy atom. The van der Waals surface area contributed by atoms with E-state index in [-0.39, 0.29) is 6.04 Å². The summed E-state index contributed by atoms with van der Waals surface area (Å²) in [5, 5.41) is 3.47. The van der Waals surface area contributed by atoms with E-state index in [1.807, 2.05) is 6.08 Å². The van der Waals surface area contributed by atoms with Crippen molar-refractivity contribution in [2.45, 2.75) is 57.9 Å². The van der Waals surface area contributed by atoms with Crippen molar-refractivity contribution in [3.63, 3.8) is 0 Å². The van der Waals surface area contributed by atoms with Crippen molar-refractivity contribution >= 4 is 0 Å². The molecule has 1 N–H and O–H groups in total. The summed E-state index contributed by atoms with van der Waals surface area (Å²) in [7, 11) is 0. The van der Waals surface area contributed by atoms with Crippen molar-refractivity contribution in [3.8, 4) is 0 Å². The van der Waals surface area contributed by atoms with Gasteiger partial charge < -0.3 is 5.32 Å². The maximum Gasteiger partial charge on any atom is 0.129 e. The average molecular weight is 295 g/mol. The first kappa shape index (κ1) is 17.8. The third-order valence-electron chi connectivity index (χ3n) is 3.63. The van der Waals surface area contributed by atoms with Gasteiger partial charge >= 0.3 is 0 Å². The Bertz CT molecular complexity index is 418. The van der Waals surface area contributed by atoms with Gasteiger partial charge in [0.15, 0.2) is 0 Å². The number of hydrogen-bond acceptors (Lipinski definition) is 1. The molecule has 1 atom stereocenters. The van der Waals surface area contributed by atoms with Gasteiger partial charge in [-0.05, 0) is 50.3 Å². The molecule has 0 aliphatic rings. The molecule has 0 aromatic heterocycles. The van der Waals surface area contributed by atoms with Crippen molar-refractivity contribution in [2.24, 2.45) is 0 Å². The summed E-state index contributed by atoms with van der Waals surface area (Å²) in [6, 6.07) is 4.12. The lowest BCUT2D eigenvalue weighted by molar-refractivity contribution is 0.446. The van der Waals surface area contributed by atoms with E-state index in [0.29, 0.717) is 12.0 Å². The standard InChI is InChI=1S/C18H27F2N/c1-3-5-6-7-8-9-17(21-12-4-2)13-15-10-11-16(19)14-18(15)20/h3,10-11,14,17,21H,1,4-9,12-13H2,2H3. The van der Waals surface area contributed by atoms with E-state index in [1.54, 1.807) is 6.07 Å². The third kappa shape index (κ3) is 7.37. The minimum Gasteiger partial charge on any atom is -0.314 e. The molecule has 1 aromatic rings. The Hall–Kier alpha value is -1.22. The van der Waals surface area contributed by atoms with Crippen molar-refractivity contribution in [1.82, 2.24) is 5.32 Å². The Morgan fingerprint density at radius 3 is 2.71 bits per heavy atom. The topological polar surface area (TPSA) is 12.0 Å². The lowest BCUT2D eigenvalue weighted by Gasteiger charge is -2.19. The Balaban J connectivity index is 2.49. The lowest BCUT2D eigenvalue weighted by atomic mass is 9.99. The summed E-state index contributed by atoms with van der Waals surface area (Å²) < 4.78 is 26.7. The predicted molar refractivity (Wildman–Crippen MR) is 85.4 cm³/mol. The molecule has 1 rings (SSSR count). The van der Waals surface area contributed by atoms with E-state index < -0.39 is 11.6 Å². The molecule has 1 nitrogen and oxygen atoms in total. The molecule has 0 aliphatic heterocycles. The summed E-state index contributed by atoms with van der Waals surface area (Å²) in [5.41, 5.74) is 0.594. The zero-order valence-corrected chi connectivity index (χ0v) is 13.0. The highest BCUT2D eigenvalue weighted by Crippen LogP contribution is 2.15. The van der Waals surface area contributed by atoms with Gasteiger partial charge in [-0.15, -0.1) is 6.58 Å². The second-order valence-corrected chi connectivity index (χ2v) is 5.52. The number of rotatable bonds is 11. The highest BCUT2D eigenvalue weighted by molar-refractivity contribution is 5.19. The molecule has 0 aliphatic carbocycles. The van der Waals surface area contributed by atoms with Crippen LogP contribution in [0.3, 0.4) is 0 Å². The zero-order valence-electron chi connectivity index (χ0n) is 13.0. The van der Waals surface area contributed by atoms with Crippen LogP contribution in [-0.2, 0) is 6.42 Å². The quantitative estimate of drug-likeness (QED) is 0.447. The normalized spacial score (nSPS) is 12.3. The Morgan fingerprint density at radius 2 is 2.05 bits per heavy atom. The number of unbranched alkanes of at least 4 members (excludes halogenated alkanes) is 3. The first-order valence-electron chi connectivity index (χ1n) is 7.95. The molecule has 0 fully saturated rings. The summed E-state index contributed by atoms with van der Waals surface area (Å²) in [6.07, 6.45) is 9.15. The molecule has 1 aromatic carbocycles. The largest absolute Gasteiger partial charge is 0.314 e. The van der Waals surface area contributed by atoms with Crippen LogP contribution in [0.2, 0.25) is 0 Å². The van der Waals surface area contributed by atoms with Gasteiger partial charge in [0.05, 0.1) is 0 Å². The van der Waals surface area contributed by atoms with Crippen molar-refractivity contribution in [3.05, 3.63) is 48.1 Å². The van der Waals surface area contributed by atoms with Gasteiger partial charge in [-0.25, -0.2) is 8.78 Å². The molecule has 0 spiro atoms. The highest BCUT2D eigenvalue weighted by atomic mass is 19.1. The van der Waals surface area contributed by atoms with Crippen molar-refractivity contribution in [2.75, 3.05) is 6.54 Å². The molecular weight excluding hydrogens is 268 g/mol. The molecule has 0 saturated carbocycles. The molecule has 118 valence electrons. The van der Waals surface area contributed by atoms with E-state index in [4.69, 9.17) is 0 Å². The predicted octanol–water partition coefficient (Wildman–Crippen LogP) is 5.01. The molecular formula is C18H27F2N. The molecule has 0 heterocycles. The van der Waals surface area contributed by atoms with Crippen LogP contribution in [0.25, 0.3) is 0 Å². The van der Waals surface area contributed by atoms with Gasteiger partial charge in [-0.2, -0.15) is 0 Å². The van der Waals surface area contributed by atoms with Gasteiger partial charge in [0.2, 0.25) is 0 Å². The summed E-state index contributed by atoms with van der Waals surface area (Å²) in [6.45, 7) is 6.77. The first-order chi connectivity index (χ1) is 10.2. The van der Waals surface area contributed by atoms with E-state index in [1.165, 1.54) is 12.5 Å². The van der Waals surface area contributed by atoms with Crippen LogP contribution in [0.1, 0.15) is 51.0 Å². The monoisotopic (exact) mass is 295 g/mol. The molecule has 1 unspecified atom stereocenters. The summed E-state index contributed by atoms with van der Waals surface area (Å²) in [5.74, 6) is -0.955. The smallest absolute Gasteiger partial charge is 0.129 e. The second-order valence-electron chi connectivity index (χ2n) is 5.52. The van der Waals surface area contributed by atoms with Crippen LogP contribution >= 0.6 is 0 Å². The number of benzene rings is 1. The average Bonchev–Trinajstić information content (AvgIpc) is 2.46. The minimum absolute atomic E-state index is 0.258. The SMILES string of the molecule is C=CCCCCCC(Cc1ccc(F)cc1F)NCCC. The van der Waals surface area contributed by atoms with Crippen LogP contribution in [0.5, 0.6) is 0 Å². The maximum atomic E-state index is 13.7. The molecule has 0 saturated heterocycles. The Labute approximate surface area is 127 Å². The second kappa shape index (κ2) is 10.5. The number of halogens is 2. The van der Waals surface area contributed by atoms with E-state index in [2.05, 4.69) is 18.8 Å². The molecule has 0 bridgehead atoms. The fraction of sp³-hybridized carbons (Fsp3) is 0.556. The number of nitrogens with one attached hydrogen (secondary N) is 1.